The second kappa shape index (κ2) is 10.9. The lowest BCUT2D eigenvalue weighted by Gasteiger charge is -2.29. The summed E-state index contributed by atoms with van der Waals surface area (Å²) >= 11 is 3.45. The zero-order valence-corrected chi connectivity index (χ0v) is 28.2. The average molecular weight is 633 g/mol. The fraction of sp³-hybridized carbons (Fsp3) is 0.186. The Morgan fingerprint density at radius 2 is 1.28 bits per heavy atom. The van der Waals surface area contributed by atoms with E-state index in [1.165, 1.54) is 54.3 Å². The minimum Gasteiger partial charge on any atom is -0.290 e. The Balaban J connectivity index is 0.953. The maximum Gasteiger partial charge on any atom is 0.178 e. The summed E-state index contributed by atoms with van der Waals surface area (Å²) in [6.45, 7) is 9.36. The number of hydrogen-bond donors (Lipinski definition) is 0. The van der Waals surface area contributed by atoms with Crippen molar-refractivity contribution in [2.75, 3.05) is 0 Å². The molecule has 2 atom stereocenters. The number of carbonyl (C=O) groups is 1. The van der Waals surface area contributed by atoms with Crippen molar-refractivity contribution in [3.8, 4) is 32.0 Å². The molecule has 46 heavy (non-hydrogen) atoms. The molecule has 0 amide bonds. The van der Waals surface area contributed by atoms with Crippen LogP contribution in [-0.2, 0) is 15.6 Å². The predicted octanol–water partition coefficient (Wildman–Crippen LogP) is 11.9. The summed E-state index contributed by atoms with van der Waals surface area (Å²) in [6.07, 6.45) is 16.3. The highest BCUT2D eigenvalue weighted by Crippen LogP contribution is 2.54. The molecule has 8 rings (SSSR count). The summed E-state index contributed by atoms with van der Waals surface area (Å²) in [7, 11) is 0. The zero-order valence-electron chi connectivity index (χ0n) is 26.6. The molecule has 3 aliphatic carbocycles. The van der Waals surface area contributed by atoms with Gasteiger partial charge in [0.25, 0.3) is 0 Å². The van der Waals surface area contributed by atoms with Gasteiger partial charge in [0.15, 0.2) is 5.78 Å². The number of carbonyl (C=O) groups excluding carboxylic acids is 1. The van der Waals surface area contributed by atoms with Crippen molar-refractivity contribution in [3.63, 3.8) is 0 Å². The summed E-state index contributed by atoms with van der Waals surface area (Å²) in [6, 6.07) is 31.1. The molecular formula is C43H36OS2. The first-order chi connectivity index (χ1) is 22.2. The van der Waals surface area contributed by atoms with Crippen LogP contribution in [0, 0.1) is 5.92 Å². The summed E-state index contributed by atoms with van der Waals surface area (Å²) in [5.41, 5.74) is 10.9. The van der Waals surface area contributed by atoms with Gasteiger partial charge in [0.2, 0.25) is 0 Å². The molecule has 226 valence electrons. The Labute approximate surface area is 280 Å². The Hall–Kier alpha value is -4.31. The van der Waals surface area contributed by atoms with Crippen LogP contribution in [0.1, 0.15) is 65.6 Å². The van der Waals surface area contributed by atoms with Gasteiger partial charge in [-0.1, -0.05) is 101 Å². The molecule has 0 spiro atoms. The van der Waals surface area contributed by atoms with E-state index in [-0.39, 0.29) is 16.6 Å². The van der Waals surface area contributed by atoms with E-state index in [0.29, 0.717) is 11.8 Å². The second-order valence-corrected chi connectivity index (χ2v) is 16.0. The molecule has 3 aliphatic rings. The zero-order chi connectivity index (χ0) is 31.6. The van der Waals surface area contributed by atoms with Crippen LogP contribution < -0.4 is 0 Å². The van der Waals surface area contributed by atoms with E-state index in [1.807, 2.05) is 12.2 Å². The fourth-order valence-corrected chi connectivity index (χ4v) is 9.60. The molecule has 0 saturated heterocycles. The van der Waals surface area contributed by atoms with E-state index in [2.05, 4.69) is 137 Å². The third-order valence-corrected chi connectivity index (χ3v) is 12.5. The van der Waals surface area contributed by atoms with Crippen molar-refractivity contribution >= 4 is 40.6 Å². The van der Waals surface area contributed by atoms with Crippen molar-refractivity contribution < 1.29 is 4.79 Å². The van der Waals surface area contributed by atoms with Gasteiger partial charge in [-0.3, -0.25) is 4.79 Å². The van der Waals surface area contributed by atoms with Crippen LogP contribution in [0.2, 0.25) is 0 Å². The number of rotatable bonds is 6. The minimum atomic E-state index is -0.00994. The lowest BCUT2D eigenvalue weighted by molar-refractivity contribution is -0.110. The quantitative estimate of drug-likeness (QED) is 0.170. The predicted molar refractivity (Wildman–Crippen MR) is 198 cm³/mol. The van der Waals surface area contributed by atoms with E-state index < -0.39 is 0 Å². The van der Waals surface area contributed by atoms with Crippen LogP contribution in [0.15, 0.2) is 121 Å². The third kappa shape index (κ3) is 4.76. The van der Waals surface area contributed by atoms with Crippen LogP contribution in [-0.4, -0.2) is 5.78 Å². The Bertz CT molecular complexity index is 2140. The molecular weight excluding hydrogens is 597 g/mol. The van der Waals surface area contributed by atoms with Crippen molar-refractivity contribution in [2.45, 2.75) is 44.4 Å². The molecule has 0 saturated carbocycles. The highest BCUT2D eigenvalue weighted by molar-refractivity contribution is 7.16. The standard InChI is InChI=1S/C43H36OS2/c1-42(2)37-12-8-6-10-33(37)35-25-27(14-22-38(35)42)40-23-19-30(45-40)17-15-29(44)16-18-31-20-24-41(46-31)28-13-21-34-32-9-5-7-11-36(32)43(3,4)39(34)26-28/h5-26,32,36H,1-4H3/b17-15+,18-16+. The maximum absolute atomic E-state index is 12.8. The normalized spacial score (nSPS) is 19.8. The lowest BCUT2D eigenvalue weighted by atomic mass is 9.74. The lowest BCUT2D eigenvalue weighted by Crippen LogP contribution is -2.24. The van der Waals surface area contributed by atoms with Gasteiger partial charge < -0.3 is 0 Å². The summed E-state index contributed by atoms with van der Waals surface area (Å²) in [5, 5.41) is 0. The first-order valence-electron chi connectivity index (χ1n) is 16.0. The van der Waals surface area contributed by atoms with Crippen molar-refractivity contribution in [2.24, 2.45) is 5.92 Å². The number of thiophene rings is 2. The van der Waals surface area contributed by atoms with Gasteiger partial charge in [-0.2, -0.15) is 0 Å². The van der Waals surface area contributed by atoms with Gasteiger partial charge in [0.05, 0.1) is 0 Å². The Morgan fingerprint density at radius 3 is 2.02 bits per heavy atom. The number of benzene rings is 3. The maximum atomic E-state index is 12.8. The van der Waals surface area contributed by atoms with Gasteiger partial charge >= 0.3 is 0 Å². The SMILES string of the molecule is CC1(C)c2ccccc2-c2cc(-c3ccc(/C=C/C(=O)/C=C/c4ccc(-c5ccc6c(c5)C(C)(C)C5C=CC=CC65)s4)s3)ccc21. The van der Waals surface area contributed by atoms with Crippen LogP contribution in [0.25, 0.3) is 44.2 Å². The van der Waals surface area contributed by atoms with Gasteiger partial charge in [0.1, 0.15) is 0 Å². The Morgan fingerprint density at radius 1 is 0.652 bits per heavy atom. The third-order valence-electron chi connectivity index (χ3n) is 10.3. The number of hydrogen-bond acceptors (Lipinski definition) is 3. The molecule has 5 aromatic rings. The topological polar surface area (TPSA) is 17.1 Å². The number of fused-ring (bicyclic) bond motifs is 6. The number of ketones is 1. The number of allylic oxidation sites excluding steroid dienone is 6. The minimum absolute atomic E-state index is 0.00994. The van der Waals surface area contributed by atoms with Crippen LogP contribution in [0.4, 0.5) is 0 Å². The molecule has 0 fully saturated rings. The monoisotopic (exact) mass is 632 g/mol. The summed E-state index contributed by atoms with van der Waals surface area (Å²) in [4.78, 5) is 17.4. The fourth-order valence-electron chi connectivity index (χ4n) is 7.78. The van der Waals surface area contributed by atoms with E-state index in [1.54, 1.807) is 34.8 Å². The molecule has 0 radical (unpaired) electrons. The van der Waals surface area contributed by atoms with Crippen LogP contribution in [0.5, 0.6) is 0 Å². The Kier molecular flexibility index (Phi) is 6.90. The van der Waals surface area contributed by atoms with Crippen LogP contribution in [0.3, 0.4) is 0 Å². The first-order valence-corrected chi connectivity index (χ1v) is 17.7. The van der Waals surface area contributed by atoms with Gasteiger partial charge in [-0.25, -0.2) is 0 Å². The van der Waals surface area contributed by atoms with Crippen molar-refractivity contribution in [3.05, 3.63) is 153 Å². The molecule has 3 aromatic carbocycles. The molecule has 1 nitrogen and oxygen atoms in total. The first kappa shape index (κ1) is 29.1. The molecule has 2 unspecified atom stereocenters. The highest BCUT2D eigenvalue weighted by atomic mass is 32.1. The van der Waals surface area contributed by atoms with E-state index in [4.69, 9.17) is 0 Å². The summed E-state index contributed by atoms with van der Waals surface area (Å²) < 4.78 is 0. The summed E-state index contributed by atoms with van der Waals surface area (Å²) in [5.74, 6) is 0.967. The smallest absolute Gasteiger partial charge is 0.178 e. The van der Waals surface area contributed by atoms with Gasteiger partial charge in [-0.05, 0) is 117 Å². The van der Waals surface area contributed by atoms with Gasteiger partial charge in [-0.15, -0.1) is 22.7 Å². The van der Waals surface area contributed by atoms with E-state index in [9.17, 15) is 4.79 Å². The van der Waals surface area contributed by atoms with Crippen molar-refractivity contribution in [1.29, 1.82) is 0 Å². The van der Waals surface area contributed by atoms with Gasteiger partial charge in [0, 0.05) is 30.8 Å². The second-order valence-electron chi connectivity index (χ2n) is 13.7. The molecule has 0 aliphatic heterocycles. The van der Waals surface area contributed by atoms with Crippen LogP contribution >= 0.6 is 22.7 Å². The van der Waals surface area contributed by atoms with E-state index >= 15 is 0 Å². The molecule has 3 heteroatoms. The highest BCUT2D eigenvalue weighted by Gasteiger charge is 2.44. The molecule has 0 N–H and O–H groups in total. The molecule has 2 aromatic heterocycles. The average Bonchev–Trinajstić information content (AvgIpc) is 3.84. The van der Waals surface area contributed by atoms with E-state index in [0.717, 1.165) is 9.75 Å². The molecule has 2 heterocycles. The molecule has 0 bridgehead atoms. The largest absolute Gasteiger partial charge is 0.290 e. The van der Waals surface area contributed by atoms with Crippen molar-refractivity contribution in [1.82, 2.24) is 0 Å².